The zero-order valence-electron chi connectivity index (χ0n) is 14.1. The van der Waals surface area contributed by atoms with Crippen molar-refractivity contribution < 1.29 is 14.3 Å². The molecule has 0 aliphatic heterocycles. The molecule has 0 spiro atoms. The van der Waals surface area contributed by atoms with Crippen molar-refractivity contribution in [1.29, 1.82) is 0 Å². The maximum absolute atomic E-state index is 11.9. The second-order valence-corrected chi connectivity index (χ2v) is 8.32. The van der Waals surface area contributed by atoms with Gasteiger partial charge in [-0.1, -0.05) is 0 Å². The number of hydrogen-bond donors (Lipinski definition) is 0. The molecule has 3 rings (SSSR count). The van der Waals surface area contributed by atoms with Crippen LogP contribution in [0.4, 0.5) is 0 Å². The van der Waals surface area contributed by atoms with Gasteiger partial charge in [0, 0.05) is 17.3 Å². The third-order valence-electron chi connectivity index (χ3n) is 4.52. The number of hydrogen-bond acceptors (Lipinski definition) is 7. The van der Waals surface area contributed by atoms with Crippen LogP contribution in [0, 0.1) is 5.92 Å². The van der Waals surface area contributed by atoms with Crippen LogP contribution in [0.2, 0.25) is 0 Å². The molecular weight excluding hydrogens is 376 g/mol. The molecule has 1 aliphatic rings. The van der Waals surface area contributed by atoms with Gasteiger partial charge in [-0.05, 0) is 49.4 Å². The van der Waals surface area contributed by atoms with Gasteiger partial charge in [0.05, 0.1) is 30.8 Å². The molecule has 2 aromatic rings. The van der Waals surface area contributed by atoms with E-state index in [9.17, 15) is 4.79 Å². The highest BCUT2D eigenvalue weighted by molar-refractivity contribution is 7.99. The fourth-order valence-corrected chi connectivity index (χ4v) is 5.74. The van der Waals surface area contributed by atoms with E-state index in [0.29, 0.717) is 6.54 Å². The number of thiocarbonyl (C=S) groups is 1. The van der Waals surface area contributed by atoms with Crippen LogP contribution in [-0.2, 0) is 38.6 Å². The molecule has 25 heavy (non-hydrogen) atoms. The van der Waals surface area contributed by atoms with Crippen molar-refractivity contribution in [2.24, 2.45) is 5.92 Å². The number of aromatic nitrogens is 2. The standard InChI is InChI=1S/C17H20N2O3S3/c1-21-16(20)13-4-3-12-8-15(25-14(12)7-13)17(24-2,22-11-23)9-19-6-5-18-10-19/h5-6,8,10-11,13H,3-4,7,9H2,1-2H3. The van der Waals surface area contributed by atoms with Gasteiger partial charge < -0.3 is 14.0 Å². The Balaban J connectivity index is 1.91. The van der Waals surface area contributed by atoms with Gasteiger partial charge in [-0.25, -0.2) is 4.98 Å². The lowest BCUT2D eigenvalue weighted by Gasteiger charge is -2.30. The molecule has 2 heterocycles. The third-order valence-corrected chi connectivity index (χ3v) is 7.19. The Kier molecular flexibility index (Phi) is 5.81. The molecule has 8 heteroatoms. The number of aryl methyl sites for hydroxylation is 1. The SMILES string of the molecule is COC(=O)C1CCc2cc(C(Cn3ccnc3)(OC=S)SC)sc2C1. The van der Waals surface area contributed by atoms with Gasteiger partial charge in [0.2, 0.25) is 4.93 Å². The van der Waals surface area contributed by atoms with Crippen LogP contribution in [0.1, 0.15) is 21.7 Å². The van der Waals surface area contributed by atoms with Crippen molar-refractivity contribution in [2.75, 3.05) is 13.4 Å². The van der Waals surface area contributed by atoms with Gasteiger partial charge in [0.25, 0.3) is 0 Å². The van der Waals surface area contributed by atoms with E-state index < -0.39 is 4.93 Å². The van der Waals surface area contributed by atoms with E-state index in [2.05, 4.69) is 11.1 Å². The number of carbonyl (C=O) groups is 1. The van der Waals surface area contributed by atoms with E-state index in [4.69, 9.17) is 21.7 Å². The molecule has 134 valence electrons. The number of thioether (sulfide) groups is 1. The summed E-state index contributed by atoms with van der Waals surface area (Å²) in [4.78, 5) is 17.8. The number of rotatable bonds is 7. The molecule has 2 aromatic heterocycles. The topological polar surface area (TPSA) is 53.4 Å². The van der Waals surface area contributed by atoms with E-state index in [1.165, 1.54) is 23.1 Å². The predicted molar refractivity (Wildman–Crippen MR) is 104 cm³/mol. The molecule has 5 nitrogen and oxygen atoms in total. The van der Waals surface area contributed by atoms with Gasteiger partial charge in [-0.3, -0.25) is 4.79 Å². The summed E-state index contributed by atoms with van der Waals surface area (Å²) in [7, 11) is 1.45. The van der Waals surface area contributed by atoms with E-state index in [1.54, 1.807) is 35.6 Å². The minimum Gasteiger partial charge on any atom is -0.469 e. The van der Waals surface area contributed by atoms with Crippen molar-refractivity contribution in [3.8, 4) is 0 Å². The van der Waals surface area contributed by atoms with Gasteiger partial charge in [-0.2, -0.15) is 0 Å². The summed E-state index contributed by atoms with van der Waals surface area (Å²) in [6.45, 7) is 0.612. The van der Waals surface area contributed by atoms with Crippen LogP contribution >= 0.6 is 35.3 Å². The molecule has 0 bridgehead atoms. The second-order valence-electron chi connectivity index (χ2n) is 5.93. The van der Waals surface area contributed by atoms with Crippen LogP contribution in [0.3, 0.4) is 0 Å². The first-order valence-electron chi connectivity index (χ1n) is 7.94. The highest BCUT2D eigenvalue weighted by Crippen LogP contribution is 2.44. The van der Waals surface area contributed by atoms with Crippen molar-refractivity contribution in [2.45, 2.75) is 30.7 Å². The third kappa shape index (κ3) is 3.75. The first-order chi connectivity index (χ1) is 12.1. The molecular formula is C17H20N2O3S3. The Morgan fingerprint density at radius 3 is 3.12 bits per heavy atom. The molecule has 2 unspecified atom stereocenters. The van der Waals surface area contributed by atoms with Crippen LogP contribution in [0.15, 0.2) is 24.8 Å². The van der Waals surface area contributed by atoms with Crippen molar-refractivity contribution >= 4 is 46.8 Å². The van der Waals surface area contributed by atoms with Gasteiger partial charge in [0.1, 0.15) is 5.55 Å². The summed E-state index contributed by atoms with van der Waals surface area (Å²) in [6, 6.07) is 2.21. The quantitative estimate of drug-likeness (QED) is 0.406. The number of thiophene rings is 1. The number of fused-ring (bicyclic) bond motifs is 1. The number of nitrogens with zero attached hydrogens (tertiary/aromatic N) is 2. The minimum absolute atomic E-state index is 0.0484. The maximum atomic E-state index is 11.9. The minimum atomic E-state index is -0.592. The summed E-state index contributed by atoms with van der Waals surface area (Å²) in [5.74, 6) is -0.168. The Hall–Kier alpha value is -1.38. The second kappa shape index (κ2) is 7.88. The number of methoxy groups -OCH3 is 1. The zero-order chi connectivity index (χ0) is 17.9. The summed E-state index contributed by atoms with van der Waals surface area (Å²) in [5.41, 5.74) is 2.64. The monoisotopic (exact) mass is 396 g/mol. The van der Waals surface area contributed by atoms with E-state index >= 15 is 0 Å². The molecule has 0 aromatic carbocycles. The average Bonchev–Trinajstić information content (AvgIpc) is 3.29. The fourth-order valence-electron chi connectivity index (χ4n) is 3.15. The molecule has 0 N–H and O–H groups in total. The number of carbonyl (C=O) groups excluding carboxylic acids is 1. The predicted octanol–water partition coefficient (Wildman–Crippen LogP) is 3.41. The first kappa shape index (κ1) is 18.4. The highest BCUT2D eigenvalue weighted by Gasteiger charge is 2.38. The summed E-state index contributed by atoms with van der Waals surface area (Å²) < 4.78 is 12.8. The molecule has 0 fully saturated rings. The Labute approximate surface area is 160 Å². The number of esters is 1. The molecule has 1 aliphatic carbocycles. The van der Waals surface area contributed by atoms with Crippen molar-refractivity contribution in [1.82, 2.24) is 9.55 Å². The Morgan fingerprint density at radius 1 is 1.64 bits per heavy atom. The lowest BCUT2D eigenvalue weighted by Crippen LogP contribution is -2.29. The lowest BCUT2D eigenvalue weighted by atomic mass is 9.89. The van der Waals surface area contributed by atoms with Gasteiger partial charge in [-0.15, -0.1) is 23.1 Å². The van der Waals surface area contributed by atoms with Gasteiger partial charge in [0.15, 0.2) is 0 Å². The summed E-state index contributed by atoms with van der Waals surface area (Å²) in [6.07, 6.45) is 9.92. The number of ether oxygens (including phenoxy) is 2. The Morgan fingerprint density at radius 2 is 2.48 bits per heavy atom. The maximum Gasteiger partial charge on any atom is 0.309 e. The average molecular weight is 397 g/mol. The van der Waals surface area contributed by atoms with E-state index in [0.717, 1.165) is 24.1 Å². The summed E-state index contributed by atoms with van der Waals surface area (Å²) >= 11 is 8.32. The lowest BCUT2D eigenvalue weighted by molar-refractivity contribution is -0.145. The van der Waals surface area contributed by atoms with Crippen LogP contribution in [0.5, 0.6) is 0 Å². The van der Waals surface area contributed by atoms with Crippen LogP contribution in [-0.4, -0.2) is 34.4 Å². The van der Waals surface area contributed by atoms with Gasteiger partial charge >= 0.3 is 5.97 Å². The van der Waals surface area contributed by atoms with Crippen LogP contribution in [0.25, 0.3) is 0 Å². The largest absolute Gasteiger partial charge is 0.469 e. The van der Waals surface area contributed by atoms with Crippen molar-refractivity contribution in [3.05, 3.63) is 40.1 Å². The molecule has 0 saturated carbocycles. The smallest absolute Gasteiger partial charge is 0.309 e. The van der Waals surface area contributed by atoms with E-state index in [-0.39, 0.29) is 11.9 Å². The number of imidazole rings is 1. The molecule has 0 saturated heterocycles. The van der Waals surface area contributed by atoms with E-state index in [1.807, 2.05) is 17.0 Å². The molecule has 2 atom stereocenters. The Bertz CT molecular complexity index is 744. The highest BCUT2D eigenvalue weighted by atomic mass is 32.2. The summed E-state index contributed by atoms with van der Waals surface area (Å²) in [5, 5.41) is 0. The fraction of sp³-hybridized carbons (Fsp3) is 0.471. The first-order valence-corrected chi connectivity index (χ1v) is 10.5. The zero-order valence-corrected chi connectivity index (χ0v) is 16.6. The van der Waals surface area contributed by atoms with Crippen molar-refractivity contribution in [3.63, 3.8) is 0 Å². The normalized spacial score (nSPS) is 18.9. The molecule has 0 radical (unpaired) electrons. The molecule has 0 amide bonds. The van der Waals surface area contributed by atoms with Crippen LogP contribution < -0.4 is 0 Å².